The second kappa shape index (κ2) is 8.18. The van der Waals surface area contributed by atoms with Crippen molar-refractivity contribution in [3.8, 4) is 5.75 Å². The molecule has 1 aliphatic rings. The van der Waals surface area contributed by atoms with Crippen LogP contribution in [0.4, 0.5) is 0 Å². The monoisotopic (exact) mass is 481 g/mol. The highest BCUT2D eigenvalue weighted by atomic mass is 79.9. The van der Waals surface area contributed by atoms with Crippen molar-refractivity contribution in [1.82, 2.24) is 4.72 Å². The van der Waals surface area contributed by atoms with Crippen LogP contribution in [-0.2, 0) is 10.0 Å². The average Bonchev–Trinajstić information content (AvgIpc) is 2.65. The van der Waals surface area contributed by atoms with Crippen LogP contribution in [0.25, 0.3) is 0 Å². The van der Waals surface area contributed by atoms with Gasteiger partial charge < -0.3 is 9.84 Å². The molecule has 29 heavy (non-hydrogen) atoms. The molecule has 0 unspecified atom stereocenters. The number of halogens is 1. The molecule has 0 saturated heterocycles. The lowest BCUT2D eigenvalue weighted by molar-refractivity contribution is -0.0603. The minimum atomic E-state index is -3.96. The van der Waals surface area contributed by atoms with Crippen molar-refractivity contribution >= 4 is 31.7 Å². The molecule has 0 aliphatic carbocycles. The van der Waals surface area contributed by atoms with Crippen LogP contribution in [-0.4, -0.2) is 31.0 Å². The number of aliphatic hydroxyl groups is 1. The number of carbonyl (C=O) groups is 1. The molecule has 0 fully saturated rings. The molecule has 156 valence electrons. The van der Waals surface area contributed by atoms with Crippen molar-refractivity contribution in [2.45, 2.75) is 56.3 Å². The summed E-state index contributed by atoms with van der Waals surface area (Å²) in [6.07, 6.45) is -0.0647. The van der Waals surface area contributed by atoms with Crippen LogP contribution in [0.1, 0.15) is 55.6 Å². The van der Waals surface area contributed by atoms with Crippen molar-refractivity contribution in [3.63, 3.8) is 0 Å². The van der Waals surface area contributed by atoms with Gasteiger partial charge in [0.15, 0.2) is 5.78 Å². The maximum Gasteiger partial charge on any atom is 0.242 e. The fourth-order valence-electron chi connectivity index (χ4n) is 3.37. The first-order valence-electron chi connectivity index (χ1n) is 9.38. The van der Waals surface area contributed by atoms with E-state index >= 15 is 0 Å². The van der Waals surface area contributed by atoms with E-state index < -0.39 is 27.8 Å². The zero-order valence-electron chi connectivity index (χ0n) is 16.5. The van der Waals surface area contributed by atoms with Crippen molar-refractivity contribution in [3.05, 3.63) is 58.1 Å². The molecule has 1 aliphatic heterocycles. The third-order valence-corrected chi connectivity index (χ3v) is 7.41. The molecule has 0 spiro atoms. The van der Waals surface area contributed by atoms with Gasteiger partial charge in [-0.15, -0.1) is 0 Å². The second-order valence-corrected chi connectivity index (χ2v) is 10.1. The third kappa shape index (κ3) is 4.40. The predicted octanol–water partition coefficient (Wildman–Crippen LogP) is 3.98. The standard InChI is InChI=1S/C21H24BrNO5S/c1-4-7-16(24)13-10-11-17-14(12-13)19(20(25)21(2,3)28-17)23-29(26,27)18-9-6-5-8-15(18)22/h5-6,8-12,19-20,23,25H,4,7H2,1-3H3/t19-,20+/m1/s1. The van der Waals surface area contributed by atoms with Crippen LogP contribution in [0.15, 0.2) is 51.8 Å². The molecule has 8 heteroatoms. The fraction of sp³-hybridized carbons (Fsp3) is 0.381. The summed E-state index contributed by atoms with van der Waals surface area (Å²) in [6, 6.07) is 10.4. The highest BCUT2D eigenvalue weighted by molar-refractivity contribution is 9.10. The summed E-state index contributed by atoms with van der Waals surface area (Å²) in [7, 11) is -3.96. The van der Waals surface area contributed by atoms with Gasteiger partial charge in [0.05, 0.1) is 10.9 Å². The van der Waals surface area contributed by atoms with Gasteiger partial charge in [-0.1, -0.05) is 19.1 Å². The van der Waals surface area contributed by atoms with E-state index in [1.54, 1.807) is 50.2 Å². The number of ether oxygens (including phenoxy) is 1. The van der Waals surface area contributed by atoms with Crippen molar-refractivity contribution in [2.75, 3.05) is 0 Å². The summed E-state index contributed by atoms with van der Waals surface area (Å²) < 4.78 is 35.0. The number of benzene rings is 2. The Morgan fingerprint density at radius 2 is 1.93 bits per heavy atom. The van der Waals surface area contributed by atoms with Gasteiger partial charge in [-0.25, -0.2) is 13.1 Å². The number of Topliss-reactive ketones (excluding diaryl/α,β-unsaturated/α-hetero) is 1. The summed E-state index contributed by atoms with van der Waals surface area (Å²) >= 11 is 3.26. The largest absolute Gasteiger partial charge is 0.485 e. The Labute approximate surface area is 179 Å². The first-order chi connectivity index (χ1) is 13.6. The Morgan fingerprint density at radius 1 is 1.24 bits per heavy atom. The number of hydrogen-bond donors (Lipinski definition) is 2. The maximum absolute atomic E-state index is 13.0. The second-order valence-electron chi connectivity index (χ2n) is 7.61. The van der Waals surface area contributed by atoms with Crippen molar-refractivity contribution in [1.29, 1.82) is 0 Å². The summed E-state index contributed by atoms with van der Waals surface area (Å²) in [5, 5.41) is 10.9. The summed E-state index contributed by atoms with van der Waals surface area (Å²) in [5.74, 6) is 0.398. The highest BCUT2D eigenvalue weighted by Gasteiger charge is 2.45. The lowest BCUT2D eigenvalue weighted by Crippen LogP contribution is -2.53. The van der Waals surface area contributed by atoms with Gasteiger partial charge in [0.1, 0.15) is 17.5 Å². The molecule has 0 amide bonds. The Balaban J connectivity index is 2.07. The van der Waals surface area contributed by atoms with E-state index in [-0.39, 0.29) is 10.7 Å². The molecule has 1 heterocycles. The molecule has 3 rings (SSSR count). The van der Waals surface area contributed by atoms with E-state index in [4.69, 9.17) is 4.74 Å². The van der Waals surface area contributed by atoms with E-state index in [0.29, 0.717) is 34.2 Å². The van der Waals surface area contributed by atoms with Gasteiger partial charge in [0.2, 0.25) is 10.0 Å². The molecule has 0 saturated carbocycles. The predicted molar refractivity (Wildman–Crippen MR) is 114 cm³/mol. The number of rotatable bonds is 6. The average molecular weight is 482 g/mol. The zero-order valence-corrected chi connectivity index (χ0v) is 18.9. The summed E-state index contributed by atoms with van der Waals surface area (Å²) in [4.78, 5) is 12.4. The Morgan fingerprint density at radius 3 is 2.59 bits per heavy atom. The Hall–Kier alpha value is -1.74. The number of nitrogens with one attached hydrogen (secondary N) is 1. The van der Waals surface area contributed by atoms with Gasteiger partial charge in [-0.2, -0.15) is 0 Å². The van der Waals surface area contributed by atoms with Crippen LogP contribution in [0.3, 0.4) is 0 Å². The minimum Gasteiger partial charge on any atom is -0.485 e. The van der Waals surface area contributed by atoms with Crippen LogP contribution >= 0.6 is 15.9 Å². The fourth-order valence-corrected chi connectivity index (χ4v) is 5.59. The Kier molecular flexibility index (Phi) is 6.19. The lowest BCUT2D eigenvalue weighted by atomic mass is 9.86. The topological polar surface area (TPSA) is 92.7 Å². The summed E-state index contributed by atoms with van der Waals surface area (Å²) in [5.41, 5.74) is -0.121. The smallest absolute Gasteiger partial charge is 0.242 e. The number of aliphatic hydroxyl groups excluding tert-OH is 1. The SMILES string of the molecule is CCCC(=O)c1ccc2c(c1)[C@@H](NS(=O)(=O)c1ccccc1Br)[C@H](O)C(C)(C)O2. The molecule has 2 atom stereocenters. The van der Waals surface area contributed by atoms with Crippen LogP contribution in [0.2, 0.25) is 0 Å². The van der Waals surface area contributed by atoms with E-state index in [1.807, 2.05) is 6.92 Å². The van der Waals surface area contributed by atoms with Crippen LogP contribution < -0.4 is 9.46 Å². The molecule has 0 radical (unpaired) electrons. The van der Waals surface area contributed by atoms with Crippen molar-refractivity contribution < 1.29 is 23.1 Å². The van der Waals surface area contributed by atoms with E-state index in [9.17, 15) is 18.3 Å². The molecule has 2 N–H and O–H groups in total. The molecule has 2 aromatic rings. The normalized spacial score (nSPS) is 20.6. The molecule has 0 aromatic heterocycles. The van der Waals surface area contributed by atoms with Crippen molar-refractivity contribution in [2.24, 2.45) is 0 Å². The molecule has 6 nitrogen and oxygen atoms in total. The first-order valence-corrected chi connectivity index (χ1v) is 11.7. The first kappa shape index (κ1) is 22.0. The number of carbonyl (C=O) groups excluding carboxylic acids is 1. The van der Waals surface area contributed by atoms with Gasteiger partial charge in [-0.3, -0.25) is 4.79 Å². The highest BCUT2D eigenvalue weighted by Crippen LogP contribution is 2.41. The molecular formula is C21H24BrNO5S. The number of ketones is 1. The lowest BCUT2D eigenvalue weighted by Gasteiger charge is -2.42. The molecule has 0 bridgehead atoms. The van der Waals surface area contributed by atoms with Gasteiger partial charge in [0.25, 0.3) is 0 Å². The minimum absolute atomic E-state index is 0.0398. The quantitative estimate of drug-likeness (QED) is 0.608. The summed E-state index contributed by atoms with van der Waals surface area (Å²) in [6.45, 7) is 5.30. The van der Waals surface area contributed by atoms with Crippen LogP contribution in [0, 0.1) is 0 Å². The van der Waals surface area contributed by atoms with E-state index in [1.165, 1.54) is 6.07 Å². The maximum atomic E-state index is 13.0. The third-order valence-electron chi connectivity index (χ3n) is 4.95. The van der Waals surface area contributed by atoms with E-state index in [0.717, 1.165) is 0 Å². The number of fused-ring (bicyclic) bond motifs is 1. The van der Waals surface area contributed by atoms with E-state index in [2.05, 4.69) is 20.7 Å². The van der Waals surface area contributed by atoms with Gasteiger partial charge in [-0.05, 0) is 66.5 Å². The molecule has 2 aromatic carbocycles. The zero-order chi connectivity index (χ0) is 21.4. The Bertz CT molecular complexity index is 1040. The molecular weight excluding hydrogens is 458 g/mol. The number of sulfonamides is 1. The van der Waals surface area contributed by atoms with Crippen LogP contribution in [0.5, 0.6) is 5.75 Å². The number of hydrogen-bond acceptors (Lipinski definition) is 5. The van der Waals surface area contributed by atoms with Gasteiger partial charge >= 0.3 is 0 Å². The van der Waals surface area contributed by atoms with Gasteiger partial charge in [0, 0.05) is 22.0 Å².